The molecule has 2 N–H and O–H groups in total. The lowest BCUT2D eigenvalue weighted by Gasteiger charge is -2.07. The SMILES string of the molecule is COC(=O)C[C@H](N)CC1CC1.Cl. The third-order valence-electron chi connectivity index (χ3n) is 1.99. The van der Waals surface area contributed by atoms with Gasteiger partial charge in [-0.1, -0.05) is 12.8 Å². The number of carbonyl (C=O) groups is 1. The molecule has 0 aromatic rings. The van der Waals surface area contributed by atoms with E-state index in [1.54, 1.807) is 0 Å². The van der Waals surface area contributed by atoms with Gasteiger partial charge in [-0.3, -0.25) is 4.79 Å². The van der Waals surface area contributed by atoms with Crippen LogP contribution in [0.3, 0.4) is 0 Å². The smallest absolute Gasteiger partial charge is 0.307 e. The Labute approximate surface area is 79.1 Å². The molecule has 1 rings (SSSR count). The molecular weight excluding hydrogens is 178 g/mol. The van der Waals surface area contributed by atoms with Crippen LogP contribution in [0.15, 0.2) is 0 Å². The number of carbonyl (C=O) groups excluding carboxylic acids is 1. The first kappa shape index (κ1) is 11.7. The van der Waals surface area contributed by atoms with Gasteiger partial charge in [0.25, 0.3) is 0 Å². The molecule has 0 bridgehead atoms. The number of hydrogen-bond acceptors (Lipinski definition) is 3. The van der Waals surface area contributed by atoms with Crippen molar-refractivity contribution in [3.05, 3.63) is 0 Å². The summed E-state index contributed by atoms with van der Waals surface area (Å²) < 4.78 is 4.50. The monoisotopic (exact) mass is 193 g/mol. The minimum Gasteiger partial charge on any atom is -0.469 e. The van der Waals surface area contributed by atoms with Gasteiger partial charge in [0.15, 0.2) is 0 Å². The Morgan fingerprint density at radius 2 is 2.25 bits per heavy atom. The highest BCUT2D eigenvalue weighted by Crippen LogP contribution is 2.33. The van der Waals surface area contributed by atoms with Gasteiger partial charge in [0.2, 0.25) is 0 Å². The molecule has 12 heavy (non-hydrogen) atoms. The van der Waals surface area contributed by atoms with Gasteiger partial charge in [-0.2, -0.15) is 0 Å². The van der Waals surface area contributed by atoms with Crippen LogP contribution in [0.2, 0.25) is 0 Å². The fourth-order valence-electron chi connectivity index (χ4n) is 1.16. The van der Waals surface area contributed by atoms with Crippen molar-refractivity contribution in [1.82, 2.24) is 0 Å². The summed E-state index contributed by atoms with van der Waals surface area (Å²) in [5.41, 5.74) is 5.69. The molecule has 0 radical (unpaired) electrons. The highest BCUT2D eigenvalue weighted by molar-refractivity contribution is 5.85. The van der Waals surface area contributed by atoms with E-state index in [2.05, 4.69) is 4.74 Å². The molecule has 0 saturated heterocycles. The fourth-order valence-corrected chi connectivity index (χ4v) is 1.16. The van der Waals surface area contributed by atoms with E-state index in [-0.39, 0.29) is 24.4 Å². The van der Waals surface area contributed by atoms with Crippen molar-refractivity contribution in [3.63, 3.8) is 0 Å². The highest BCUT2D eigenvalue weighted by Gasteiger charge is 2.24. The summed E-state index contributed by atoms with van der Waals surface area (Å²) in [6.07, 6.45) is 3.92. The summed E-state index contributed by atoms with van der Waals surface area (Å²) in [5, 5.41) is 0. The van der Waals surface area contributed by atoms with Crippen molar-refractivity contribution < 1.29 is 9.53 Å². The number of halogens is 1. The standard InChI is InChI=1S/C8H15NO2.ClH/c1-11-8(10)5-7(9)4-6-2-3-6;/h6-7H,2-5,9H2,1H3;1H/t7-;/m1./s1. The minimum atomic E-state index is -0.196. The van der Waals surface area contributed by atoms with Crippen LogP contribution in [0.25, 0.3) is 0 Å². The Bertz CT molecular complexity index is 148. The normalized spacial score (nSPS) is 17.8. The zero-order valence-electron chi connectivity index (χ0n) is 7.29. The van der Waals surface area contributed by atoms with E-state index < -0.39 is 0 Å². The number of hydrogen-bond donors (Lipinski definition) is 1. The summed E-state index contributed by atoms with van der Waals surface area (Å²) in [4.78, 5) is 10.7. The summed E-state index contributed by atoms with van der Waals surface area (Å²) in [5.74, 6) is 0.591. The Morgan fingerprint density at radius 3 is 2.67 bits per heavy atom. The maximum absolute atomic E-state index is 10.7. The van der Waals surface area contributed by atoms with Crippen LogP contribution in [0.4, 0.5) is 0 Å². The van der Waals surface area contributed by atoms with Crippen molar-refractivity contribution in [2.24, 2.45) is 11.7 Å². The number of rotatable bonds is 4. The topological polar surface area (TPSA) is 52.3 Å². The molecule has 1 saturated carbocycles. The first-order valence-corrected chi connectivity index (χ1v) is 4.04. The van der Waals surface area contributed by atoms with Crippen LogP contribution in [-0.2, 0) is 9.53 Å². The van der Waals surface area contributed by atoms with Crippen LogP contribution < -0.4 is 5.73 Å². The first-order chi connectivity index (χ1) is 5.22. The van der Waals surface area contributed by atoms with Gasteiger partial charge in [-0.05, 0) is 12.3 Å². The second kappa shape index (κ2) is 5.38. The lowest BCUT2D eigenvalue weighted by atomic mass is 10.1. The van der Waals surface area contributed by atoms with Gasteiger partial charge < -0.3 is 10.5 Å². The Hall–Kier alpha value is -0.280. The van der Waals surface area contributed by atoms with E-state index in [9.17, 15) is 4.79 Å². The van der Waals surface area contributed by atoms with Crippen molar-refractivity contribution >= 4 is 18.4 Å². The molecule has 3 nitrogen and oxygen atoms in total. The average Bonchev–Trinajstić information content (AvgIpc) is 2.71. The van der Waals surface area contributed by atoms with Gasteiger partial charge >= 0.3 is 5.97 Å². The van der Waals surface area contributed by atoms with Gasteiger partial charge in [-0.25, -0.2) is 0 Å². The van der Waals surface area contributed by atoms with Gasteiger partial charge in [-0.15, -0.1) is 12.4 Å². The summed E-state index contributed by atoms with van der Waals surface area (Å²) >= 11 is 0. The first-order valence-electron chi connectivity index (χ1n) is 4.04. The molecule has 0 amide bonds. The molecule has 0 aliphatic heterocycles. The van der Waals surface area contributed by atoms with Crippen molar-refractivity contribution in [1.29, 1.82) is 0 Å². The molecule has 0 heterocycles. The largest absolute Gasteiger partial charge is 0.469 e. The highest BCUT2D eigenvalue weighted by atomic mass is 35.5. The number of nitrogens with two attached hydrogens (primary N) is 1. The third-order valence-corrected chi connectivity index (χ3v) is 1.99. The molecule has 72 valence electrons. The van der Waals surface area contributed by atoms with Crippen LogP contribution in [0, 0.1) is 5.92 Å². The predicted molar refractivity (Wildman–Crippen MR) is 49.2 cm³/mol. The Kier molecular flexibility index (Phi) is 5.25. The number of methoxy groups -OCH3 is 1. The molecule has 0 spiro atoms. The molecule has 4 heteroatoms. The maximum atomic E-state index is 10.7. The second-order valence-electron chi connectivity index (χ2n) is 3.22. The molecule has 1 fully saturated rings. The van der Waals surface area contributed by atoms with E-state index in [1.165, 1.54) is 20.0 Å². The number of esters is 1. The minimum absolute atomic E-state index is 0. The molecule has 0 aromatic heterocycles. The van der Waals surface area contributed by atoms with E-state index in [0.717, 1.165) is 12.3 Å². The fraction of sp³-hybridized carbons (Fsp3) is 0.875. The van der Waals surface area contributed by atoms with Crippen molar-refractivity contribution in [2.75, 3.05) is 7.11 Å². The van der Waals surface area contributed by atoms with Gasteiger partial charge in [0, 0.05) is 6.04 Å². The van der Waals surface area contributed by atoms with Crippen LogP contribution in [0.5, 0.6) is 0 Å². The summed E-state index contributed by atoms with van der Waals surface area (Å²) in [6.45, 7) is 0. The van der Waals surface area contributed by atoms with Crippen LogP contribution in [0.1, 0.15) is 25.7 Å². The zero-order chi connectivity index (χ0) is 8.27. The number of ether oxygens (including phenoxy) is 1. The molecule has 1 aliphatic rings. The Balaban J connectivity index is 0.00000121. The van der Waals surface area contributed by atoms with Gasteiger partial charge in [0.05, 0.1) is 13.5 Å². The van der Waals surface area contributed by atoms with Gasteiger partial charge in [0.1, 0.15) is 0 Å². The molecule has 1 atom stereocenters. The van der Waals surface area contributed by atoms with E-state index in [0.29, 0.717) is 6.42 Å². The average molecular weight is 194 g/mol. The summed E-state index contributed by atoms with van der Waals surface area (Å²) in [7, 11) is 1.40. The lowest BCUT2D eigenvalue weighted by Crippen LogP contribution is -2.24. The quantitative estimate of drug-likeness (QED) is 0.681. The van der Waals surface area contributed by atoms with E-state index in [4.69, 9.17) is 5.73 Å². The molecule has 0 aromatic carbocycles. The van der Waals surface area contributed by atoms with E-state index in [1.807, 2.05) is 0 Å². The van der Waals surface area contributed by atoms with Crippen LogP contribution in [-0.4, -0.2) is 19.1 Å². The lowest BCUT2D eigenvalue weighted by molar-refractivity contribution is -0.141. The Morgan fingerprint density at radius 1 is 1.67 bits per heavy atom. The zero-order valence-corrected chi connectivity index (χ0v) is 8.10. The molecule has 1 aliphatic carbocycles. The molecule has 0 unspecified atom stereocenters. The predicted octanol–water partition coefficient (Wildman–Crippen LogP) is 1.10. The summed E-state index contributed by atoms with van der Waals surface area (Å²) in [6, 6.07) is 0.00921. The second-order valence-corrected chi connectivity index (χ2v) is 3.22. The maximum Gasteiger partial charge on any atom is 0.307 e. The van der Waals surface area contributed by atoms with Crippen molar-refractivity contribution in [3.8, 4) is 0 Å². The van der Waals surface area contributed by atoms with Crippen LogP contribution >= 0.6 is 12.4 Å². The van der Waals surface area contributed by atoms with E-state index >= 15 is 0 Å². The molecular formula is C8H16ClNO2. The van der Waals surface area contributed by atoms with Crippen molar-refractivity contribution in [2.45, 2.75) is 31.7 Å². The third kappa shape index (κ3) is 4.57.